The smallest absolute Gasteiger partial charge is 0.303 e. The lowest BCUT2D eigenvalue weighted by atomic mass is 9.99. The molecule has 0 radical (unpaired) electrons. The van der Waals surface area contributed by atoms with Crippen LogP contribution >= 0.6 is 0 Å². The Morgan fingerprint density at radius 3 is 2.65 bits per heavy atom. The number of aliphatic carboxylic acids is 1. The highest BCUT2D eigenvalue weighted by Gasteiger charge is 2.29. The van der Waals surface area contributed by atoms with Gasteiger partial charge in [0.2, 0.25) is 15.9 Å². The second-order valence-electron chi connectivity index (χ2n) is 5.10. The summed E-state index contributed by atoms with van der Waals surface area (Å²) in [6.07, 6.45) is 3.76. The van der Waals surface area contributed by atoms with Crippen LogP contribution in [0.15, 0.2) is 0 Å². The highest BCUT2D eigenvalue weighted by Crippen LogP contribution is 2.18. The van der Waals surface area contributed by atoms with Crippen LogP contribution in [0.5, 0.6) is 0 Å². The Balaban J connectivity index is 2.31. The molecule has 1 unspecified atom stereocenters. The molecule has 116 valence electrons. The molecule has 8 heteroatoms. The molecule has 0 aromatic heterocycles. The number of piperidine rings is 1. The lowest BCUT2D eigenvalue weighted by Crippen LogP contribution is -2.45. The summed E-state index contributed by atoms with van der Waals surface area (Å²) in [5.41, 5.74) is 0. The van der Waals surface area contributed by atoms with Crippen molar-refractivity contribution < 1.29 is 23.1 Å². The van der Waals surface area contributed by atoms with Gasteiger partial charge in [-0.1, -0.05) is 0 Å². The van der Waals surface area contributed by atoms with Crippen LogP contribution < -0.4 is 5.32 Å². The van der Waals surface area contributed by atoms with Gasteiger partial charge in [-0.2, -0.15) is 0 Å². The maximum Gasteiger partial charge on any atom is 0.303 e. The second-order valence-corrected chi connectivity index (χ2v) is 7.08. The molecule has 0 bridgehead atoms. The van der Waals surface area contributed by atoms with Gasteiger partial charge in [-0.3, -0.25) is 9.59 Å². The summed E-state index contributed by atoms with van der Waals surface area (Å²) in [5.74, 6) is -1.29. The van der Waals surface area contributed by atoms with Crippen molar-refractivity contribution in [3.63, 3.8) is 0 Å². The first kappa shape index (κ1) is 16.9. The number of carboxylic acids is 1. The van der Waals surface area contributed by atoms with Gasteiger partial charge in [-0.25, -0.2) is 12.7 Å². The van der Waals surface area contributed by atoms with Crippen molar-refractivity contribution >= 4 is 21.9 Å². The fraction of sp³-hybridized carbons (Fsp3) is 0.833. The van der Waals surface area contributed by atoms with Crippen LogP contribution in [0.1, 0.15) is 32.1 Å². The summed E-state index contributed by atoms with van der Waals surface area (Å²) < 4.78 is 24.3. The van der Waals surface area contributed by atoms with Gasteiger partial charge in [0.25, 0.3) is 0 Å². The number of hydrogen-bond donors (Lipinski definition) is 2. The normalized spacial score (nSPS) is 20.6. The van der Waals surface area contributed by atoms with Gasteiger partial charge in [-0.05, 0) is 25.7 Å². The van der Waals surface area contributed by atoms with E-state index in [0.29, 0.717) is 38.8 Å². The number of carboxylic acid groups (broad SMARTS) is 1. The van der Waals surface area contributed by atoms with Crippen molar-refractivity contribution in [2.24, 2.45) is 5.92 Å². The van der Waals surface area contributed by atoms with E-state index in [0.717, 1.165) is 6.26 Å². The molecule has 1 fully saturated rings. The average Bonchev–Trinajstić information content (AvgIpc) is 2.37. The van der Waals surface area contributed by atoms with Crippen molar-refractivity contribution in [2.75, 3.05) is 25.9 Å². The van der Waals surface area contributed by atoms with Crippen LogP contribution in [0.4, 0.5) is 0 Å². The van der Waals surface area contributed by atoms with Crippen LogP contribution in [-0.2, 0) is 19.6 Å². The average molecular weight is 306 g/mol. The van der Waals surface area contributed by atoms with Gasteiger partial charge in [0.15, 0.2) is 0 Å². The molecule has 0 aromatic carbocycles. The van der Waals surface area contributed by atoms with Gasteiger partial charge in [0.1, 0.15) is 0 Å². The minimum Gasteiger partial charge on any atom is -0.481 e. The number of carbonyl (C=O) groups excluding carboxylic acids is 1. The fourth-order valence-corrected chi connectivity index (χ4v) is 3.13. The third-order valence-corrected chi connectivity index (χ3v) is 4.61. The summed E-state index contributed by atoms with van der Waals surface area (Å²) in [6.45, 7) is 1.14. The molecular weight excluding hydrogens is 284 g/mol. The zero-order chi connectivity index (χ0) is 15.2. The molecule has 1 heterocycles. The van der Waals surface area contributed by atoms with E-state index in [1.807, 2.05) is 0 Å². The first-order valence-electron chi connectivity index (χ1n) is 6.75. The van der Waals surface area contributed by atoms with Crippen LogP contribution in [0.25, 0.3) is 0 Å². The van der Waals surface area contributed by atoms with Crippen molar-refractivity contribution in [2.45, 2.75) is 32.1 Å². The topological polar surface area (TPSA) is 104 Å². The van der Waals surface area contributed by atoms with Crippen molar-refractivity contribution in [1.29, 1.82) is 0 Å². The highest BCUT2D eigenvalue weighted by molar-refractivity contribution is 7.88. The molecule has 0 spiro atoms. The van der Waals surface area contributed by atoms with E-state index in [1.54, 1.807) is 0 Å². The molecule has 0 saturated carbocycles. The number of carbonyl (C=O) groups is 2. The third-order valence-electron chi connectivity index (χ3n) is 3.34. The number of nitrogens with zero attached hydrogens (tertiary/aromatic N) is 1. The van der Waals surface area contributed by atoms with E-state index in [2.05, 4.69) is 5.32 Å². The summed E-state index contributed by atoms with van der Waals surface area (Å²) in [7, 11) is -3.24. The van der Waals surface area contributed by atoms with Crippen molar-refractivity contribution in [1.82, 2.24) is 9.62 Å². The third kappa shape index (κ3) is 5.87. The van der Waals surface area contributed by atoms with Crippen LogP contribution in [0.3, 0.4) is 0 Å². The lowest BCUT2D eigenvalue weighted by molar-refractivity contribution is -0.137. The zero-order valence-corrected chi connectivity index (χ0v) is 12.5. The maximum atomic E-state index is 11.9. The second kappa shape index (κ2) is 7.58. The van der Waals surface area contributed by atoms with Gasteiger partial charge in [0, 0.05) is 26.1 Å². The maximum absolute atomic E-state index is 11.9. The summed E-state index contributed by atoms with van der Waals surface area (Å²) in [5, 5.41) is 11.2. The molecule has 0 aliphatic carbocycles. The molecule has 1 amide bonds. The van der Waals surface area contributed by atoms with Gasteiger partial charge in [-0.15, -0.1) is 0 Å². The van der Waals surface area contributed by atoms with Crippen LogP contribution in [-0.4, -0.2) is 55.6 Å². The van der Waals surface area contributed by atoms with Gasteiger partial charge < -0.3 is 10.4 Å². The largest absolute Gasteiger partial charge is 0.481 e. The standard InChI is InChI=1S/C12H22N2O5S/c1-20(18,19)14-8-4-5-10(9-14)12(17)13-7-3-2-6-11(15)16/h10H,2-9H2,1H3,(H,13,17)(H,15,16). The molecule has 1 aliphatic rings. The zero-order valence-electron chi connectivity index (χ0n) is 11.7. The summed E-state index contributed by atoms with van der Waals surface area (Å²) in [4.78, 5) is 22.2. The summed E-state index contributed by atoms with van der Waals surface area (Å²) in [6, 6.07) is 0. The minimum atomic E-state index is -3.24. The minimum absolute atomic E-state index is 0.0984. The number of sulfonamides is 1. The molecule has 1 rings (SSSR count). The Labute approximate surface area is 119 Å². The Morgan fingerprint density at radius 1 is 1.35 bits per heavy atom. The molecule has 1 saturated heterocycles. The Bertz CT molecular complexity index is 449. The van der Waals surface area contributed by atoms with E-state index in [-0.39, 0.29) is 24.8 Å². The van der Waals surface area contributed by atoms with Crippen molar-refractivity contribution in [3.8, 4) is 0 Å². The quantitative estimate of drug-likeness (QED) is 0.646. The van der Waals surface area contributed by atoms with Gasteiger partial charge >= 0.3 is 5.97 Å². The molecule has 7 nitrogen and oxygen atoms in total. The van der Waals surface area contributed by atoms with E-state index in [1.165, 1.54) is 4.31 Å². The summed E-state index contributed by atoms with van der Waals surface area (Å²) >= 11 is 0. The Hall–Kier alpha value is -1.15. The van der Waals surface area contributed by atoms with Crippen LogP contribution in [0, 0.1) is 5.92 Å². The molecule has 2 N–H and O–H groups in total. The molecule has 0 aromatic rings. The van der Waals surface area contributed by atoms with Crippen molar-refractivity contribution in [3.05, 3.63) is 0 Å². The highest BCUT2D eigenvalue weighted by atomic mass is 32.2. The predicted molar refractivity (Wildman–Crippen MR) is 73.6 cm³/mol. The first-order chi connectivity index (χ1) is 9.30. The number of nitrogens with one attached hydrogen (secondary N) is 1. The number of hydrogen-bond acceptors (Lipinski definition) is 4. The Kier molecular flexibility index (Phi) is 6.41. The van der Waals surface area contributed by atoms with E-state index in [4.69, 9.17) is 5.11 Å². The van der Waals surface area contributed by atoms with E-state index in [9.17, 15) is 18.0 Å². The van der Waals surface area contributed by atoms with Gasteiger partial charge in [0.05, 0.1) is 12.2 Å². The number of rotatable bonds is 7. The molecule has 1 atom stereocenters. The number of unbranched alkanes of at least 4 members (excludes halogenated alkanes) is 1. The Morgan fingerprint density at radius 2 is 2.05 bits per heavy atom. The molecular formula is C12H22N2O5S. The van der Waals surface area contributed by atoms with E-state index < -0.39 is 16.0 Å². The van der Waals surface area contributed by atoms with Crippen LogP contribution in [0.2, 0.25) is 0 Å². The first-order valence-corrected chi connectivity index (χ1v) is 8.60. The monoisotopic (exact) mass is 306 g/mol. The fourth-order valence-electron chi connectivity index (χ4n) is 2.21. The molecule has 1 aliphatic heterocycles. The van der Waals surface area contributed by atoms with E-state index >= 15 is 0 Å². The predicted octanol–water partition coefficient (Wildman–Crippen LogP) is 0.0291. The lowest BCUT2D eigenvalue weighted by Gasteiger charge is -2.30. The molecule has 20 heavy (non-hydrogen) atoms. The number of amides is 1. The SMILES string of the molecule is CS(=O)(=O)N1CCCC(C(=O)NCCCCC(=O)O)C1.